The Morgan fingerprint density at radius 3 is 1.59 bits per heavy atom. The topological polar surface area (TPSA) is 103 Å². The molecule has 58 heavy (non-hydrogen) atoms. The number of pyridine rings is 3. The normalized spacial score (nSPS) is 15.2. The molecule has 2 amide bonds. The Bertz CT molecular complexity index is 2460. The van der Waals surface area contributed by atoms with Crippen LogP contribution in [-0.4, -0.2) is 65.0 Å². The van der Waals surface area contributed by atoms with E-state index in [9.17, 15) is 27.2 Å². The fourth-order valence-corrected chi connectivity index (χ4v) is 7.82. The number of nitrogens with zero attached hydrogens (tertiary/aromatic N) is 5. The molecule has 2 N–H and O–H groups in total. The van der Waals surface area contributed by atoms with E-state index in [1.165, 1.54) is 0 Å². The Hall–Kier alpha value is -5.24. The van der Waals surface area contributed by atoms with Crippen molar-refractivity contribution in [2.24, 2.45) is 0 Å². The zero-order valence-corrected chi connectivity index (χ0v) is 33.0. The first-order valence-corrected chi connectivity index (χ1v) is 19.7. The van der Waals surface area contributed by atoms with E-state index in [-0.39, 0.29) is 23.1 Å². The third-order valence-corrected chi connectivity index (χ3v) is 11.0. The largest absolute Gasteiger partial charge is 0.419 e. The number of anilines is 2. The average molecular weight is 853 g/mol. The van der Waals surface area contributed by atoms with Crippen LogP contribution in [0, 0.1) is 5.82 Å². The van der Waals surface area contributed by atoms with E-state index in [0.29, 0.717) is 42.6 Å². The van der Waals surface area contributed by atoms with Gasteiger partial charge in [0.2, 0.25) is 0 Å². The molecule has 0 atom stereocenters. The molecule has 0 saturated carbocycles. The monoisotopic (exact) mass is 851 g/mol. The van der Waals surface area contributed by atoms with E-state index < -0.39 is 29.0 Å². The highest BCUT2D eigenvalue weighted by molar-refractivity contribution is 6.32. The summed E-state index contributed by atoms with van der Waals surface area (Å²) in [6.45, 7) is 2.82. The predicted octanol–water partition coefficient (Wildman–Crippen LogP) is 9.78. The second-order valence-corrected chi connectivity index (χ2v) is 15.2. The predicted molar refractivity (Wildman–Crippen MR) is 220 cm³/mol. The van der Waals surface area contributed by atoms with Crippen LogP contribution in [0.2, 0.25) is 15.2 Å². The molecule has 0 radical (unpaired) electrons. The number of carbonyl (C=O) groups excluding carboxylic acids is 2. The molecular formula is C42H36Cl3F4N7O2. The van der Waals surface area contributed by atoms with Crippen LogP contribution in [0.4, 0.5) is 29.2 Å². The smallest absolute Gasteiger partial charge is 0.356 e. The highest BCUT2D eigenvalue weighted by atomic mass is 35.5. The lowest BCUT2D eigenvalue weighted by Gasteiger charge is -2.33. The molecular weight excluding hydrogens is 817 g/mol. The Morgan fingerprint density at radius 1 is 0.621 bits per heavy atom. The highest BCUT2D eigenvalue weighted by Crippen LogP contribution is 2.33. The molecule has 0 spiro atoms. The van der Waals surface area contributed by atoms with Gasteiger partial charge < -0.3 is 20.4 Å². The van der Waals surface area contributed by atoms with Gasteiger partial charge in [-0.1, -0.05) is 40.9 Å². The van der Waals surface area contributed by atoms with Crippen molar-refractivity contribution in [2.75, 3.05) is 36.0 Å². The Kier molecular flexibility index (Phi) is 12.5. The van der Waals surface area contributed by atoms with E-state index in [0.717, 1.165) is 76.3 Å². The van der Waals surface area contributed by atoms with Crippen LogP contribution in [0.15, 0.2) is 97.5 Å². The summed E-state index contributed by atoms with van der Waals surface area (Å²) >= 11 is 18.2. The van der Waals surface area contributed by atoms with E-state index >= 15 is 0 Å². The molecule has 0 aliphatic carbocycles. The average Bonchev–Trinajstić information content (AvgIpc) is 3.21. The number of halogens is 7. The van der Waals surface area contributed by atoms with E-state index in [4.69, 9.17) is 34.8 Å². The molecule has 3 aromatic carbocycles. The third-order valence-electron chi connectivity index (χ3n) is 10.2. The second-order valence-electron chi connectivity index (χ2n) is 14.0. The van der Waals surface area contributed by atoms with Crippen LogP contribution < -0.4 is 20.4 Å². The van der Waals surface area contributed by atoms with Crippen molar-refractivity contribution >= 4 is 79.8 Å². The molecule has 3 aromatic heterocycles. The number of benzene rings is 3. The van der Waals surface area contributed by atoms with E-state index in [2.05, 4.69) is 35.4 Å². The number of alkyl halides is 3. The molecule has 9 nitrogen and oxygen atoms in total. The maximum atomic E-state index is 14.2. The van der Waals surface area contributed by atoms with Crippen molar-refractivity contribution < 1.29 is 27.2 Å². The van der Waals surface area contributed by atoms with Crippen molar-refractivity contribution in [1.82, 2.24) is 25.6 Å². The molecule has 16 heteroatoms. The van der Waals surface area contributed by atoms with Crippen LogP contribution in [-0.2, 0) is 6.18 Å². The summed E-state index contributed by atoms with van der Waals surface area (Å²) in [5.41, 5.74) is -1.64. The number of nitrogens with one attached hydrogen (secondary N) is 2. The van der Waals surface area contributed by atoms with Crippen molar-refractivity contribution in [3.63, 3.8) is 0 Å². The van der Waals surface area contributed by atoms with Gasteiger partial charge in [-0.2, -0.15) is 13.2 Å². The minimum Gasteiger partial charge on any atom is -0.356 e. The molecule has 0 unspecified atom stereocenters. The van der Waals surface area contributed by atoms with E-state index in [1.807, 2.05) is 48.7 Å². The first-order valence-electron chi connectivity index (χ1n) is 18.5. The van der Waals surface area contributed by atoms with Gasteiger partial charge in [-0.15, -0.1) is 0 Å². The maximum Gasteiger partial charge on any atom is 0.419 e. The van der Waals surface area contributed by atoms with Gasteiger partial charge in [0.05, 0.1) is 16.7 Å². The second kappa shape index (κ2) is 17.7. The number of piperidine rings is 2. The summed E-state index contributed by atoms with van der Waals surface area (Å²) in [5.74, 6) is -0.805. The first-order chi connectivity index (χ1) is 27.9. The lowest BCUT2D eigenvalue weighted by molar-refractivity contribution is -0.140. The summed E-state index contributed by atoms with van der Waals surface area (Å²) in [6, 6.07) is 21.2. The molecule has 8 rings (SSSR count). The number of aromatic nitrogens is 3. The molecule has 2 aliphatic heterocycles. The number of hydrogen-bond acceptors (Lipinski definition) is 7. The number of fused-ring (bicyclic) bond motifs is 2. The van der Waals surface area contributed by atoms with Crippen molar-refractivity contribution in [2.45, 2.75) is 43.9 Å². The first kappa shape index (κ1) is 40.9. The molecule has 300 valence electrons. The minimum atomic E-state index is -4.86. The van der Waals surface area contributed by atoms with Crippen molar-refractivity contribution in [3.05, 3.63) is 135 Å². The van der Waals surface area contributed by atoms with Crippen LogP contribution >= 0.6 is 34.8 Å². The summed E-state index contributed by atoms with van der Waals surface area (Å²) in [5, 5.41) is 11.4. The van der Waals surface area contributed by atoms with Gasteiger partial charge in [0.25, 0.3) is 11.8 Å². The number of amides is 2. The minimum absolute atomic E-state index is 0.106. The van der Waals surface area contributed by atoms with Crippen LogP contribution in [0.5, 0.6) is 0 Å². The highest BCUT2D eigenvalue weighted by Gasteiger charge is 2.36. The Morgan fingerprint density at radius 2 is 1.10 bits per heavy atom. The zero-order chi connectivity index (χ0) is 41.0. The lowest BCUT2D eigenvalue weighted by atomic mass is 10.0. The number of hydrogen-bond donors (Lipinski definition) is 2. The molecule has 6 aromatic rings. The number of rotatable bonds is 6. The van der Waals surface area contributed by atoms with Gasteiger partial charge in [0, 0.05) is 77.7 Å². The summed E-state index contributed by atoms with van der Waals surface area (Å²) in [6.07, 6.45) is 3.02. The van der Waals surface area contributed by atoms with Crippen LogP contribution in [0.3, 0.4) is 0 Å². The van der Waals surface area contributed by atoms with Crippen LogP contribution in [0.25, 0.3) is 21.5 Å². The zero-order valence-electron chi connectivity index (χ0n) is 30.7. The third kappa shape index (κ3) is 9.38. The van der Waals surface area contributed by atoms with Crippen molar-refractivity contribution in [1.29, 1.82) is 0 Å². The van der Waals surface area contributed by atoms with Gasteiger partial charge in [-0.05, 0) is 109 Å². The molecule has 2 fully saturated rings. The van der Waals surface area contributed by atoms with Gasteiger partial charge in [0.15, 0.2) is 0 Å². The summed E-state index contributed by atoms with van der Waals surface area (Å²) in [4.78, 5) is 42.2. The molecule has 2 aliphatic rings. The fourth-order valence-electron chi connectivity index (χ4n) is 7.25. The molecule has 0 bridgehead atoms. The Balaban J connectivity index is 0.000000178. The maximum absolute atomic E-state index is 14.2. The summed E-state index contributed by atoms with van der Waals surface area (Å²) in [7, 11) is 0. The SMILES string of the molecule is O=C(NC1CCN(c2nccc3cc(Cl)ccc23)CC1)c1cccc(C(F)(F)F)c1F.O=C(NC1CCN(c2nccc3cc(Cl)ccc23)CC1)c1cccnc1Cl. The molecule has 5 heterocycles. The van der Waals surface area contributed by atoms with Gasteiger partial charge in [-0.25, -0.2) is 19.3 Å². The van der Waals surface area contributed by atoms with Gasteiger partial charge in [0.1, 0.15) is 22.6 Å². The lowest BCUT2D eigenvalue weighted by Crippen LogP contribution is -2.45. The Labute approximate surface area is 346 Å². The number of carbonyl (C=O) groups is 2. The fraction of sp³-hybridized carbons (Fsp3) is 0.262. The van der Waals surface area contributed by atoms with Crippen molar-refractivity contribution in [3.8, 4) is 0 Å². The van der Waals surface area contributed by atoms with Gasteiger partial charge >= 0.3 is 6.18 Å². The standard InChI is InChI=1S/C22H18ClF4N3O.C20H18Cl2N4O/c23-14-4-5-16-13(12-14)6-9-28-20(16)30-10-7-15(8-11-30)29-21(31)17-2-1-3-18(19(17)24)22(25,26)27;21-14-3-4-16-13(12-14)5-9-24-19(16)26-10-6-15(7-11-26)25-20(27)17-2-1-8-23-18(17)22/h1-6,9,12,15H,7-8,10-11H2,(H,29,31);1-5,8-9,12,15H,6-7,10-11H2,(H,25,27). The molecule has 2 saturated heterocycles. The van der Waals surface area contributed by atoms with Gasteiger partial charge in [-0.3, -0.25) is 9.59 Å². The van der Waals surface area contributed by atoms with Crippen LogP contribution in [0.1, 0.15) is 52.0 Å². The van der Waals surface area contributed by atoms with E-state index in [1.54, 1.807) is 30.6 Å². The summed E-state index contributed by atoms with van der Waals surface area (Å²) < 4.78 is 52.9. The quantitative estimate of drug-likeness (QED) is 0.127.